The molecule has 2 aromatic carbocycles. The average molecular weight is 359 g/mol. The van der Waals surface area contributed by atoms with Crippen LogP contribution in [0.3, 0.4) is 0 Å². The number of aromatic nitrogens is 1. The zero-order valence-corrected chi connectivity index (χ0v) is 14.4. The van der Waals surface area contributed by atoms with Gasteiger partial charge in [0.15, 0.2) is 0 Å². The molecule has 0 aliphatic heterocycles. The Bertz CT molecular complexity index is 915. The van der Waals surface area contributed by atoms with Crippen molar-refractivity contribution in [1.29, 1.82) is 0 Å². The zero-order valence-electron chi connectivity index (χ0n) is 12.9. The van der Waals surface area contributed by atoms with Crippen molar-refractivity contribution in [3.05, 3.63) is 69.8 Å². The number of aromatic amines is 1. The number of benzene rings is 2. The van der Waals surface area contributed by atoms with E-state index in [1.54, 1.807) is 18.2 Å². The first-order chi connectivity index (χ1) is 11.6. The first-order valence-corrected chi connectivity index (χ1v) is 8.69. The van der Waals surface area contributed by atoms with E-state index in [0.717, 1.165) is 23.9 Å². The van der Waals surface area contributed by atoms with E-state index >= 15 is 0 Å². The van der Waals surface area contributed by atoms with Gasteiger partial charge in [0.05, 0.1) is 10.6 Å². The van der Waals surface area contributed by atoms with Gasteiger partial charge in [0.25, 0.3) is 5.91 Å². The molecule has 1 N–H and O–H groups in total. The lowest BCUT2D eigenvalue weighted by molar-refractivity contribution is 0.0730. The molecule has 3 nitrogen and oxygen atoms in total. The Morgan fingerprint density at radius 1 is 1.12 bits per heavy atom. The van der Waals surface area contributed by atoms with Crippen LogP contribution in [-0.2, 0) is 6.54 Å². The summed E-state index contributed by atoms with van der Waals surface area (Å²) in [6.07, 6.45) is 4.01. The molecule has 5 heteroatoms. The van der Waals surface area contributed by atoms with E-state index in [-0.39, 0.29) is 5.91 Å². The Morgan fingerprint density at radius 2 is 1.96 bits per heavy atom. The number of H-pyrrole nitrogens is 1. The van der Waals surface area contributed by atoms with Gasteiger partial charge in [-0.2, -0.15) is 0 Å². The molecule has 0 bridgehead atoms. The summed E-state index contributed by atoms with van der Waals surface area (Å²) in [6.45, 7) is 0.581. The molecule has 0 radical (unpaired) electrons. The van der Waals surface area contributed by atoms with Gasteiger partial charge in [0, 0.05) is 29.3 Å². The van der Waals surface area contributed by atoms with Crippen LogP contribution in [0.15, 0.2) is 48.7 Å². The van der Waals surface area contributed by atoms with Crippen molar-refractivity contribution in [1.82, 2.24) is 9.88 Å². The normalized spacial score (nSPS) is 14.1. The van der Waals surface area contributed by atoms with Crippen LogP contribution in [0.5, 0.6) is 0 Å². The topological polar surface area (TPSA) is 36.1 Å². The Hall–Kier alpha value is -1.97. The number of carbonyl (C=O) groups is 1. The molecule has 1 aromatic heterocycles. The van der Waals surface area contributed by atoms with Gasteiger partial charge >= 0.3 is 0 Å². The number of hydrogen-bond donors (Lipinski definition) is 1. The molecule has 122 valence electrons. The SMILES string of the molecule is O=C(c1ccc(Cl)cc1Cl)N(Cc1ccc2cc[nH]c2c1)C1CC1. The van der Waals surface area contributed by atoms with Crippen LogP contribution in [0.2, 0.25) is 10.0 Å². The number of nitrogens with one attached hydrogen (secondary N) is 1. The fourth-order valence-corrected chi connectivity index (χ4v) is 3.45. The number of carbonyl (C=O) groups excluding carboxylic acids is 1. The summed E-state index contributed by atoms with van der Waals surface area (Å²) < 4.78 is 0. The zero-order chi connectivity index (χ0) is 16.7. The fraction of sp³-hybridized carbons (Fsp3) is 0.211. The van der Waals surface area contributed by atoms with Gasteiger partial charge in [-0.25, -0.2) is 0 Å². The second kappa shape index (κ2) is 6.15. The number of halogens is 2. The van der Waals surface area contributed by atoms with E-state index in [0.29, 0.717) is 28.2 Å². The van der Waals surface area contributed by atoms with E-state index in [4.69, 9.17) is 23.2 Å². The van der Waals surface area contributed by atoms with Crippen LogP contribution in [-0.4, -0.2) is 21.8 Å². The molecule has 1 saturated carbocycles. The minimum atomic E-state index is -0.0363. The van der Waals surface area contributed by atoms with Crippen molar-refractivity contribution in [2.75, 3.05) is 0 Å². The molecule has 0 saturated heterocycles. The third-order valence-corrected chi connectivity index (χ3v) is 4.93. The molecule has 0 atom stereocenters. The van der Waals surface area contributed by atoms with E-state index in [1.165, 1.54) is 5.39 Å². The first kappa shape index (κ1) is 15.6. The quantitative estimate of drug-likeness (QED) is 0.676. The van der Waals surface area contributed by atoms with Crippen LogP contribution in [0, 0.1) is 0 Å². The lowest BCUT2D eigenvalue weighted by Gasteiger charge is -2.23. The highest BCUT2D eigenvalue weighted by molar-refractivity contribution is 6.36. The molecular weight excluding hydrogens is 343 g/mol. The Labute approximate surface area is 150 Å². The monoisotopic (exact) mass is 358 g/mol. The van der Waals surface area contributed by atoms with E-state index in [9.17, 15) is 4.79 Å². The lowest BCUT2D eigenvalue weighted by atomic mass is 10.1. The van der Waals surface area contributed by atoms with E-state index < -0.39 is 0 Å². The summed E-state index contributed by atoms with van der Waals surface area (Å²) in [5, 5.41) is 2.11. The molecule has 0 spiro atoms. The molecule has 1 aliphatic carbocycles. The highest BCUT2D eigenvalue weighted by Crippen LogP contribution is 2.32. The van der Waals surface area contributed by atoms with Gasteiger partial charge in [-0.05, 0) is 54.1 Å². The lowest BCUT2D eigenvalue weighted by Crippen LogP contribution is -2.32. The standard InChI is InChI=1S/C19H16Cl2N2O/c20-14-3-6-16(17(21)10-14)19(24)23(15-4-5-15)11-12-1-2-13-7-8-22-18(13)9-12/h1-3,6-10,15,22H,4-5,11H2. The Kier molecular flexibility index (Phi) is 3.99. The first-order valence-electron chi connectivity index (χ1n) is 7.94. The highest BCUT2D eigenvalue weighted by Gasteiger charge is 2.33. The van der Waals surface area contributed by atoms with Crippen molar-refractivity contribution >= 4 is 40.0 Å². The van der Waals surface area contributed by atoms with Crippen molar-refractivity contribution in [3.8, 4) is 0 Å². The summed E-state index contributed by atoms with van der Waals surface area (Å²) >= 11 is 12.2. The van der Waals surface area contributed by atoms with Gasteiger partial charge < -0.3 is 9.88 Å². The number of amides is 1. The molecule has 1 heterocycles. The number of fused-ring (bicyclic) bond motifs is 1. The van der Waals surface area contributed by atoms with Crippen LogP contribution in [0.1, 0.15) is 28.8 Å². The molecule has 3 aromatic rings. The van der Waals surface area contributed by atoms with Crippen LogP contribution in [0.25, 0.3) is 10.9 Å². The highest BCUT2D eigenvalue weighted by atomic mass is 35.5. The summed E-state index contributed by atoms with van der Waals surface area (Å²) in [6, 6.07) is 13.6. The molecular formula is C19H16Cl2N2O. The molecule has 1 amide bonds. The Morgan fingerprint density at radius 3 is 2.71 bits per heavy atom. The van der Waals surface area contributed by atoms with Gasteiger partial charge in [-0.15, -0.1) is 0 Å². The summed E-state index contributed by atoms with van der Waals surface area (Å²) in [5.74, 6) is -0.0363. The van der Waals surface area contributed by atoms with Gasteiger partial charge in [-0.3, -0.25) is 4.79 Å². The minimum Gasteiger partial charge on any atom is -0.361 e. The largest absolute Gasteiger partial charge is 0.361 e. The number of rotatable bonds is 4. The van der Waals surface area contributed by atoms with Crippen LogP contribution < -0.4 is 0 Å². The van der Waals surface area contributed by atoms with E-state index in [1.807, 2.05) is 17.2 Å². The van der Waals surface area contributed by atoms with Gasteiger partial charge in [-0.1, -0.05) is 35.3 Å². The average Bonchev–Trinajstić information content (AvgIpc) is 3.29. The summed E-state index contributed by atoms with van der Waals surface area (Å²) in [5.41, 5.74) is 2.70. The van der Waals surface area contributed by atoms with E-state index in [2.05, 4.69) is 23.2 Å². The minimum absolute atomic E-state index is 0.0363. The molecule has 4 rings (SSSR count). The molecule has 1 aliphatic rings. The van der Waals surface area contributed by atoms with Crippen molar-refractivity contribution in [3.63, 3.8) is 0 Å². The summed E-state index contributed by atoms with van der Waals surface area (Å²) in [4.78, 5) is 18.1. The third-order valence-electron chi connectivity index (χ3n) is 4.38. The number of nitrogens with zero attached hydrogens (tertiary/aromatic N) is 1. The third kappa shape index (κ3) is 3.02. The molecule has 0 unspecified atom stereocenters. The second-order valence-electron chi connectivity index (χ2n) is 6.19. The Balaban J connectivity index is 1.63. The van der Waals surface area contributed by atoms with Gasteiger partial charge in [0.1, 0.15) is 0 Å². The predicted molar refractivity (Wildman–Crippen MR) is 97.7 cm³/mol. The van der Waals surface area contributed by atoms with Gasteiger partial charge in [0.2, 0.25) is 0 Å². The summed E-state index contributed by atoms with van der Waals surface area (Å²) in [7, 11) is 0. The van der Waals surface area contributed by atoms with Crippen molar-refractivity contribution in [2.45, 2.75) is 25.4 Å². The second-order valence-corrected chi connectivity index (χ2v) is 7.03. The maximum atomic E-state index is 13.0. The van der Waals surface area contributed by atoms with Crippen molar-refractivity contribution < 1.29 is 4.79 Å². The fourth-order valence-electron chi connectivity index (χ4n) is 2.96. The number of hydrogen-bond acceptors (Lipinski definition) is 1. The van der Waals surface area contributed by atoms with Crippen LogP contribution >= 0.6 is 23.2 Å². The predicted octanol–water partition coefficient (Wildman–Crippen LogP) is 5.28. The molecule has 1 fully saturated rings. The maximum Gasteiger partial charge on any atom is 0.255 e. The smallest absolute Gasteiger partial charge is 0.255 e. The van der Waals surface area contributed by atoms with Crippen molar-refractivity contribution in [2.24, 2.45) is 0 Å². The maximum absolute atomic E-state index is 13.0. The molecule has 24 heavy (non-hydrogen) atoms. The van der Waals surface area contributed by atoms with Crippen LogP contribution in [0.4, 0.5) is 0 Å².